The Morgan fingerprint density at radius 1 is 0.865 bits per heavy atom. The van der Waals surface area contributed by atoms with Crippen LogP contribution in [0.5, 0.6) is 5.75 Å². The lowest BCUT2D eigenvalue weighted by Crippen LogP contribution is -2.36. The molecule has 0 amide bonds. The van der Waals surface area contributed by atoms with E-state index in [4.69, 9.17) is 4.74 Å². The number of aromatic nitrogens is 1. The topological polar surface area (TPSA) is 14.2 Å². The van der Waals surface area contributed by atoms with Crippen molar-refractivity contribution in [3.8, 4) is 5.75 Å². The minimum absolute atomic E-state index is 0.189. The molecule has 4 aromatic carbocycles. The van der Waals surface area contributed by atoms with Crippen molar-refractivity contribution in [3.63, 3.8) is 0 Å². The lowest BCUT2D eigenvalue weighted by atomic mass is 9.81. The van der Waals surface area contributed by atoms with Gasteiger partial charge in [0.25, 0.3) is 0 Å². The van der Waals surface area contributed by atoms with Crippen LogP contribution in [-0.4, -0.2) is 10.2 Å². The Morgan fingerprint density at radius 3 is 2.62 bits per heavy atom. The molecule has 9 rings (SSSR count). The molecule has 0 N–H and O–H groups in total. The summed E-state index contributed by atoms with van der Waals surface area (Å²) in [5, 5.41) is 6.85. The first-order chi connectivity index (χ1) is 18.2. The molecule has 0 radical (unpaired) electrons. The Hall–Kier alpha value is -4.30. The molecule has 5 aromatic rings. The van der Waals surface area contributed by atoms with Crippen molar-refractivity contribution in [1.29, 1.82) is 0 Å². The monoisotopic (exact) mass is 475 g/mol. The van der Waals surface area contributed by atoms with E-state index in [1.807, 2.05) is 0 Å². The molecule has 0 spiro atoms. The van der Waals surface area contributed by atoms with Gasteiger partial charge in [-0.15, -0.1) is 0 Å². The molecular weight excluding hydrogens is 450 g/mol. The summed E-state index contributed by atoms with van der Waals surface area (Å²) >= 11 is 0. The normalized spacial score (nSPS) is 24.2. The van der Waals surface area contributed by atoms with Gasteiger partial charge >= 0.3 is 0 Å². The van der Waals surface area contributed by atoms with Gasteiger partial charge in [0.15, 0.2) is 0 Å². The van der Waals surface area contributed by atoms with Crippen molar-refractivity contribution in [2.75, 3.05) is 0 Å². The number of para-hydroxylation sites is 2. The van der Waals surface area contributed by atoms with Crippen molar-refractivity contribution in [1.82, 2.24) is 4.57 Å². The van der Waals surface area contributed by atoms with E-state index < -0.39 is 0 Å². The minimum Gasteiger partial charge on any atom is -0.482 e. The molecule has 3 unspecified atom stereocenters. The van der Waals surface area contributed by atoms with Crippen LogP contribution in [0.15, 0.2) is 103 Å². The number of rotatable bonds is 1. The number of hydrogen-bond donors (Lipinski definition) is 0. The second kappa shape index (κ2) is 6.72. The van der Waals surface area contributed by atoms with E-state index in [2.05, 4.69) is 121 Å². The van der Waals surface area contributed by atoms with Gasteiger partial charge in [-0.3, -0.25) is 0 Å². The van der Waals surface area contributed by atoms with Gasteiger partial charge in [-0.05, 0) is 71.2 Å². The highest BCUT2D eigenvalue weighted by Gasteiger charge is 2.43. The molecular formula is C35H25NO. The highest BCUT2D eigenvalue weighted by molar-refractivity contribution is 6.05. The Morgan fingerprint density at radius 2 is 1.68 bits per heavy atom. The fourth-order valence-corrected chi connectivity index (χ4v) is 7.48. The largest absolute Gasteiger partial charge is 0.482 e. The standard InChI is InChI=1S/C35H25NO/c1-35-19-18-22(20-28(35)25-10-3-5-15-31(25)37-35)36-29-14-4-2-11-26(29)34-30(36)17-16-24-23-12-6-8-21-9-7-13-27(32(21)23)33(24)34/h2-15,17-20,24,28H,16H2,1H3. The second-order valence-electron chi connectivity index (χ2n) is 11.0. The van der Waals surface area contributed by atoms with Crippen molar-refractivity contribution < 1.29 is 4.74 Å². The zero-order valence-corrected chi connectivity index (χ0v) is 20.6. The molecule has 3 aliphatic carbocycles. The van der Waals surface area contributed by atoms with Gasteiger partial charge in [0, 0.05) is 27.8 Å². The molecule has 0 saturated heterocycles. The van der Waals surface area contributed by atoms with E-state index in [0.29, 0.717) is 5.92 Å². The van der Waals surface area contributed by atoms with Crippen LogP contribution in [0.2, 0.25) is 0 Å². The predicted octanol–water partition coefficient (Wildman–Crippen LogP) is 6.62. The minimum atomic E-state index is -0.345. The van der Waals surface area contributed by atoms with Crippen LogP contribution < -0.4 is 15.3 Å². The maximum Gasteiger partial charge on any atom is 0.135 e. The van der Waals surface area contributed by atoms with Gasteiger partial charge < -0.3 is 9.30 Å². The molecule has 2 nitrogen and oxygen atoms in total. The molecule has 0 fully saturated rings. The fraction of sp³-hybridized carbons (Fsp3) is 0.143. The van der Waals surface area contributed by atoms with Crippen molar-refractivity contribution in [2.45, 2.75) is 30.8 Å². The number of benzene rings is 4. The lowest BCUT2D eigenvalue weighted by Gasteiger charge is -2.30. The van der Waals surface area contributed by atoms with Crippen molar-refractivity contribution in [2.24, 2.45) is 0 Å². The third-order valence-corrected chi connectivity index (χ3v) is 9.06. The van der Waals surface area contributed by atoms with E-state index in [9.17, 15) is 0 Å². The zero-order chi connectivity index (χ0) is 24.3. The summed E-state index contributed by atoms with van der Waals surface area (Å²) in [7, 11) is 0. The van der Waals surface area contributed by atoms with Gasteiger partial charge in [0.2, 0.25) is 0 Å². The van der Waals surface area contributed by atoms with Crippen LogP contribution in [0.1, 0.15) is 41.9 Å². The number of ether oxygens (including phenoxy) is 1. The van der Waals surface area contributed by atoms with Gasteiger partial charge in [0.05, 0.1) is 16.8 Å². The van der Waals surface area contributed by atoms with Gasteiger partial charge in [-0.25, -0.2) is 0 Å². The summed E-state index contributed by atoms with van der Waals surface area (Å²) in [5.41, 5.74) is 7.81. The summed E-state index contributed by atoms with van der Waals surface area (Å²) < 4.78 is 8.93. The number of fused-ring (bicyclic) bond motifs is 9. The van der Waals surface area contributed by atoms with Crippen LogP contribution in [-0.2, 0) is 0 Å². The zero-order valence-electron chi connectivity index (χ0n) is 20.6. The van der Waals surface area contributed by atoms with Crippen LogP contribution in [0.3, 0.4) is 0 Å². The van der Waals surface area contributed by atoms with E-state index in [1.54, 1.807) is 0 Å². The number of nitrogens with zero attached hydrogens (tertiary/aromatic N) is 1. The third-order valence-electron chi connectivity index (χ3n) is 9.06. The van der Waals surface area contributed by atoms with E-state index in [0.717, 1.165) is 12.2 Å². The van der Waals surface area contributed by atoms with E-state index in [1.165, 1.54) is 60.2 Å². The quantitative estimate of drug-likeness (QED) is 0.266. The molecule has 4 aliphatic rings. The number of hydrogen-bond acceptors (Lipinski definition) is 1. The molecule has 37 heavy (non-hydrogen) atoms. The first-order valence-corrected chi connectivity index (χ1v) is 13.3. The Kier molecular flexibility index (Phi) is 3.60. The molecule has 1 aliphatic heterocycles. The highest BCUT2D eigenvalue weighted by atomic mass is 16.5. The SMILES string of the molecule is CC12C=CC(n3c4c(c5ccccc53)=C3c5cccc6cccc(c56)C3CC=4)=CC1c1ccccc1O2. The Labute approximate surface area is 215 Å². The Bertz CT molecular complexity index is 2010. The van der Waals surface area contributed by atoms with Gasteiger partial charge in [-0.2, -0.15) is 0 Å². The number of allylic oxidation sites excluding steroid dienone is 2. The fourth-order valence-electron chi connectivity index (χ4n) is 7.48. The van der Waals surface area contributed by atoms with Crippen molar-refractivity contribution in [3.05, 3.63) is 130 Å². The molecule has 0 bridgehead atoms. The maximum absolute atomic E-state index is 6.44. The van der Waals surface area contributed by atoms with E-state index in [-0.39, 0.29) is 11.5 Å². The van der Waals surface area contributed by atoms with Crippen LogP contribution in [0, 0.1) is 0 Å². The maximum atomic E-state index is 6.44. The van der Waals surface area contributed by atoms with Crippen LogP contribution in [0.4, 0.5) is 0 Å². The summed E-state index contributed by atoms with van der Waals surface area (Å²) in [6, 6.07) is 31.1. The molecule has 1 aromatic heterocycles. The summed E-state index contributed by atoms with van der Waals surface area (Å²) in [6.45, 7) is 2.20. The second-order valence-corrected chi connectivity index (χ2v) is 11.0. The van der Waals surface area contributed by atoms with Gasteiger partial charge in [-0.1, -0.05) is 78.9 Å². The summed E-state index contributed by atoms with van der Waals surface area (Å²) in [6.07, 6.45) is 10.5. The van der Waals surface area contributed by atoms with E-state index >= 15 is 0 Å². The first-order valence-electron chi connectivity index (χ1n) is 13.3. The molecule has 2 heteroatoms. The van der Waals surface area contributed by atoms with Crippen LogP contribution >= 0.6 is 0 Å². The molecule has 0 saturated carbocycles. The molecule has 176 valence electrons. The van der Waals surface area contributed by atoms with Gasteiger partial charge in [0.1, 0.15) is 11.4 Å². The summed E-state index contributed by atoms with van der Waals surface area (Å²) in [4.78, 5) is 0. The van der Waals surface area contributed by atoms with Crippen LogP contribution in [0.25, 0.3) is 39.0 Å². The summed E-state index contributed by atoms with van der Waals surface area (Å²) in [5.74, 6) is 1.61. The first kappa shape index (κ1) is 19.8. The average molecular weight is 476 g/mol. The highest BCUT2D eigenvalue weighted by Crippen LogP contribution is 2.50. The lowest BCUT2D eigenvalue weighted by molar-refractivity contribution is 0.155. The smallest absolute Gasteiger partial charge is 0.135 e. The Balaban J connectivity index is 1.37. The predicted molar refractivity (Wildman–Crippen MR) is 151 cm³/mol. The van der Waals surface area contributed by atoms with Crippen molar-refractivity contribution >= 4 is 39.0 Å². The average Bonchev–Trinajstić information content (AvgIpc) is 3.55. The third kappa shape index (κ3) is 2.41. The molecule has 2 heterocycles. The molecule has 3 atom stereocenters.